The lowest BCUT2D eigenvalue weighted by Crippen LogP contribution is -2.04. The molecule has 0 fully saturated rings. The molecule has 0 amide bonds. The zero-order chi connectivity index (χ0) is 17.6. The number of aryl methyl sites for hydroxylation is 1. The fraction of sp³-hybridized carbons (Fsp3) is 0.263. The minimum absolute atomic E-state index is 0.478. The van der Waals surface area contributed by atoms with Gasteiger partial charge >= 0.3 is 0 Å². The third kappa shape index (κ3) is 4.29. The van der Waals surface area contributed by atoms with E-state index in [1.54, 1.807) is 14.0 Å². The highest BCUT2D eigenvalue weighted by Crippen LogP contribution is 2.27. The Labute approximate surface area is 146 Å². The van der Waals surface area contributed by atoms with Crippen LogP contribution in [0.25, 0.3) is 0 Å². The van der Waals surface area contributed by atoms with Crippen LogP contribution in [0.5, 0.6) is 11.5 Å². The van der Waals surface area contributed by atoms with E-state index in [0.29, 0.717) is 24.9 Å². The molecule has 3 aromatic rings. The Morgan fingerprint density at radius 1 is 1.12 bits per heavy atom. The second kappa shape index (κ2) is 7.70. The van der Waals surface area contributed by atoms with Gasteiger partial charge in [-0.3, -0.25) is 0 Å². The van der Waals surface area contributed by atoms with Crippen LogP contribution in [0.4, 0.5) is 5.69 Å². The van der Waals surface area contributed by atoms with Crippen LogP contribution in [0.2, 0.25) is 0 Å². The van der Waals surface area contributed by atoms with Crippen molar-refractivity contribution in [1.82, 2.24) is 10.1 Å². The Morgan fingerprint density at radius 2 is 1.96 bits per heavy atom. The third-order valence-electron chi connectivity index (χ3n) is 3.82. The van der Waals surface area contributed by atoms with E-state index < -0.39 is 0 Å². The smallest absolute Gasteiger partial charge is 0.223 e. The van der Waals surface area contributed by atoms with Crippen LogP contribution < -0.4 is 14.8 Å². The number of ether oxygens (including phenoxy) is 2. The van der Waals surface area contributed by atoms with Crippen LogP contribution in [0, 0.1) is 13.8 Å². The molecular weight excluding hydrogens is 318 g/mol. The number of nitrogens with one attached hydrogen (secondary N) is 1. The molecule has 0 unspecified atom stereocenters. The molecule has 0 saturated carbocycles. The summed E-state index contributed by atoms with van der Waals surface area (Å²) < 4.78 is 16.2. The first kappa shape index (κ1) is 16.8. The van der Waals surface area contributed by atoms with Gasteiger partial charge in [-0.15, -0.1) is 0 Å². The molecule has 25 heavy (non-hydrogen) atoms. The zero-order valence-corrected chi connectivity index (χ0v) is 14.6. The standard InChI is InChI=1S/C19H21N3O3/c1-13-17(20-11-19-21-14(2)25-22-19)8-5-9-18(13)24-12-15-6-4-7-16(10-15)23-3/h4-10,20H,11-12H2,1-3H3. The van der Waals surface area contributed by atoms with Crippen LogP contribution in [0.3, 0.4) is 0 Å². The van der Waals surface area contributed by atoms with Gasteiger partial charge in [0.25, 0.3) is 0 Å². The molecule has 0 aliphatic rings. The number of methoxy groups -OCH3 is 1. The van der Waals surface area contributed by atoms with Crippen molar-refractivity contribution in [2.75, 3.05) is 12.4 Å². The number of nitrogens with zero attached hydrogens (tertiary/aromatic N) is 2. The number of hydrogen-bond donors (Lipinski definition) is 1. The van der Waals surface area contributed by atoms with Crippen molar-refractivity contribution in [2.45, 2.75) is 27.0 Å². The highest BCUT2D eigenvalue weighted by molar-refractivity contribution is 5.56. The summed E-state index contributed by atoms with van der Waals surface area (Å²) >= 11 is 0. The molecule has 0 saturated heterocycles. The van der Waals surface area contributed by atoms with E-state index in [1.165, 1.54) is 0 Å². The average Bonchev–Trinajstić information content (AvgIpc) is 3.05. The molecule has 6 nitrogen and oxygen atoms in total. The summed E-state index contributed by atoms with van der Waals surface area (Å²) in [4.78, 5) is 4.19. The largest absolute Gasteiger partial charge is 0.497 e. The van der Waals surface area contributed by atoms with Crippen molar-refractivity contribution in [1.29, 1.82) is 0 Å². The van der Waals surface area contributed by atoms with Crippen LogP contribution >= 0.6 is 0 Å². The molecular formula is C19H21N3O3. The van der Waals surface area contributed by atoms with Crippen molar-refractivity contribution < 1.29 is 14.0 Å². The van der Waals surface area contributed by atoms with Gasteiger partial charge in [0.1, 0.15) is 18.1 Å². The molecule has 1 heterocycles. The molecule has 2 aromatic carbocycles. The molecule has 0 atom stereocenters. The maximum Gasteiger partial charge on any atom is 0.223 e. The Morgan fingerprint density at radius 3 is 2.72 bits per heavy atom. The van der Waals surface area contributed by atoms with Crippen LogP contribution in [-0.4, -0.2) is 17.3 Å². The lowest BCUT2D eigenvalue weighted by molar-refractivity contribution is 0.303. The molecule has 6 heteroatoms. The van der Waals surface area contributed by atoms with Gasteiger partial charge in [0.15, 0.2) is 5.82 Å². The van der Waals surface area contributed by atoms with Crippen molar-refractivity contribution in [3.8, 4) is 11.5 Å². The maximum absolute atomic E-state index is 5.97. The second-order valence-corrected chi connectivity index (χ2v) is 5.65. The van der Waals surface area contributed by atoms with Crippen LogP contribution in [0.1, 0.15) is 22.8 Å². The minimum atomic E-state index is 0.478. The van der Waals surface area contributed by atoms with E-state index >= 15 is 0 Å². The zero-order valence-electron chi connectivity index (χ0n) is 14.6. The number of anilines is 1. The maximum atomic E-state index is 5.97. The Balaban J connectivity index is 1.65. The highest BCUT2D eigenvalue weighted by Gasteiger charge is 2.08. The molecule has 1 aromatic heterocycles. The summed E-state index contributed by atoms with van der Waals surface area (Å²) in [7, 11) is 1.66. The summed E-state index contributed by atoms with van der Waals surface area (Å²) in [6.45, 7) is 4.77. The van der Waals surface area contributed by atoms with E-state index in [-0.39, 0.29) is 0 Å². The monoisotopic (exact) mass is 339 g/mol. The van der Waals surface area contributed by atoms with Crippen LogP contribution in [-0.2, 0) is 13.2 Å². The molecule has 0 spiro atoms. The molecule has 1 N–H and O–H groups in total. The fourth-order valence-corrected chi connectivity index (χ4v) is 2.47. The molecule has 3 rings (SSSR count). The Hall–Kier alpha value is -3.02. The SMILES string of the molecule is COc1cccc(COc2cccc(NCc3noc(C)n3)c2C)c1. The van der Waals surface area contributed by atoms with Crippen molar-refractivity contribution in [2.24, 2.45) is 0 Å². The molecule has 0 bridgehead atoms. The molecule has 130 valence electrons. The fourth-order valence-electron chi connectivity index (χ4n) is 2.47. The van der Waals surface area contributed by atoms with Gasteiger partial charge in [0.05, 0.1) is 13.7 Å². The summed E-state index contributed by atoms with van der Waals surface area (Å²) in [6, 6.07) is 13.8. The lowest BCUT2D eigenvalue weighted by Gasteiger charge is -2.14. The van der Waals surface area contributed by atoms with Crippen molar-refractivity contribution >= 4 is 5.69 Å². The van der Waals surface area contributed by atoms with Gasteiger partial charge in [-0.25, -0.2) is 0 Å². The van der Waals surface area contributed by atoms with Gasteiger partial charge in [-0.1, -0.05) is 23.4 Å². The molecule has 0 aliphatic carbocycles. The van der Waals surface area contributed by atoms with E-state index in [1.807, 2.05) is 49.4 Å². The Bertz CT molecular complexity index is 845. The number of benzene rings is 2. The summed E-state index contributed by atoms with van der Waals surface area (Å²) in [5.74, 6) is 2.84. The predicted molar refractivity (Wildman–Crippen MR) is 94.9 cm³/mol. The number of hydrogen-bond acceptors (Lipinski definition) is 6. The number of rotatable bonds is 7. The van der Waals surface area contributed by atoms with Crippen molar-refractivity contribution in [3.63, 3.8) is 0 Å². The van der Waals surface area contributed by atoms with E-state index in [4.69, 9.17) is 14.0 Å². The van der Waals surface area contributed by atoms with E-state index in [2.05, 4.69) is 15.5 Å². The van der Waals surface area contributed by atoms with Crippen molar-refractivity contribution in [3.05, 3.63) is 65.3 Å². The van der Waals surface area contributed by atoms with Gasteiger partial charge < -0.3 is 19.3 Å². The normalized spacial score (nSPS) is 10.5. The summed E-state index contributed by atoms with van der Waals surface area (Å²) in [6.07, 6.45) is 0. The lowest BCUT2D eigenvalue weighted by atomic mass is 10.1. The summed E-state index contributed by atoms with van der Waals surface area (Å²) in [5.41, 5.74) is 3.07. The minimum Gasteiger partial charge on any atom is -0.497 e. The van der Waals surface area contributed by atoms with Gasteiger partial charge in [0.2, 0.25) is 5.89 Å². The Kier molecular flexibility index (Phi) is 5.18. The first-order valence-corrected chi connectivity index (χ1v) is 8.04. The molecule has 0 aliphatic heterocycles. The van der Waals surface area contributed by atoms with Gasteiger partial charge in [-0.05, 0) is 36.8 Å². The second-order valence-electron chi connectivity index (χ2n) is 5.65. The average molecular weight is 339 g/mol. The van der Waals surface area contributed by atoms with Gasteiger partial charge in [-0.2, -0.15) is 4.98 Å². The first-order chi connectivity index (χ1) is 12.2. The third-order valence-corrected chi connectivity index (χ3v) is 3.82. The quantitative estimate of drug-likeness (QED) is 0.704. The predicted octanol–water partition coefficient (Wildman–Crippen LogP) is 3.89. The summed E-state index contributed by atoms with van der Waals surface area (Å²) in [5, 5.41) is 7.20. The topological polar surface area (TPSA) is 69.4 Å². The van der Waals surface area contributed by atoms with E-state index in [9.17, 15) is 0 Å². The molecule has 0 radical (unpaired) electrons. The number of aromatic nitrogens is 2. The van der Waals surface area contributed by atoms with Crippen LogP contribution in [0.15, 0.2) is 47.0 Å². The van der Waals surface area contributed by atoms with E-state index in [0.717, 1.165) is 28.3 Å². The first-order valence-electron chi connectivity index (χ1n) is 8.04. The van der Waals surface area contributed by atoms with Gasteiger partial charge in [0, 0.05) is 18.2 Å². The highest BCUT2D eigenvalue weighted by atomic mass is 16.5.